The van der Waals surface area contributed by atoms with Crippen molar-refractivity contribution in [1.82, 2.24) is 10.4 Å². The van der Waals surface area contributed by atoms with Crippen molar-refractivity contribution in [3.63, 3.8) is 0 Å². The maximum absolute atomic E-state index is 6.50. The number of nitrogens with zero attached hydrogens (tertiary/aromatic N) is 1. The maximum atomic E-state index is 6.50. The molecule has 0 unspecified atom stereocenters. The Morgan fingerprint density at radius 2 is 1.67 bits per heavy atom. The quantitative estimate of drug-likeness (QED) is 0.667. The number of nitrogens with one attached hydrogen (secondary N) is 1. The van der Waals surface area contributed by atoms with Gasteiger partial charge in [-0.1, -0.05) is 42.0 Å². The number of ether oxygens (including phenoxy) is 3. The molecule has 1 N–H and O–H groups in total. The summed E-state index contributed by atoms with van der Waals surface area (Å²) in [5.74, 6) is 2.38. The zero-order chi connectivity index (χ0) is 20.7. The zero-order valence-electron chi connectivity index (χ0n) is 17.3. The van der Waals surface area contributed by atoms with Gasteiger partial charge in [-0.3, -0.25) is 0 Å². The van der Waals surface area contributed by atoms with Gasteiger partial charge in [0.1, 0.15) is 5.75 Å². The van der Waals surface area contributed by atoms with Gasteiger partial charge in [-0.15, -0.1) is 0 Å². The predicted molar refractivity (Wildman–Crippen MR) is 116 cm³/mol. The predicted octanol–water partition coefficient (Wildman–Crippen LogP) is 5.01. The van der Waals surface area contributed by atoms with Gasteiger partial charge in [-0.05, 0) is 48.9 Å². The highest BCUT2D eigenvalue weighted by molar-refractivity contribution is 5.68. The summed E-state index contributed by atoms with van der Waals surface area (Å²) in [5, 5.41) is 2.16. The van der Waals surface area contributed by atoms with Crippen molar-refractivity contribution < 1.29 is 14.2 Å². The van der Waals surface area contributed by atoms with Gasteiger partial charge in [-0.25, -0.2) is 0 Å². The highest BCUT2D eigenvalue weighted by Gasteiger charge is 2.41. The van der Waals surface area contributed by atoms with E-state index < -0.39 is 0 Å². The Kier molecular flexibility index (Phi) is 4.60. The zero-order valence-corrected chi connectivity index (χ0v) is 17.3. The fraction of sp³-hybridized carbons (Fsp3) is 0.200. The first-order chi connectivity index (χ1) is 14.7. The van der Waals surface area contributed by atoms with E-state index in [4.69, 9.17) is 14.2 Å². The monoisotopic (exact) mass is 400 g/mol. The number of hydrogen-bond donors (Lipinski definition) is 1. The van der Waals surface area contributed by atoms with Gasteiger partial charge in [-0.2, -0.15) is 5.01 Å². The van der Waals surface area contributed by atoms with Crippen LogP contribution in [0.2, 0.25) is 0 Å². The average molecular weight is 400 g/mol. The van der Waals surface area contributed by atoms with Crippen molar-refractivity contribution in [2.75, 3.05) is 14.2 Å². The van der Waals surface area contributed by atoms with Gasteiger partial charge in [0.25, 0.3) is 0 Å². The fourth-order valence-corrected chi connectivity index (χ4v) is 4.04. The summed E-state index contributed by atoms with van der Waals surface area (Å²) in [4.78, 5) is 0. The molecule has 5 nitrogen and oxygen atoms in total. The molecule has 0 aromatic heterocycles. The Morgan fingerprint density at radius 3 is 2.37 bits per heavy atom. The number of para-hydroxylation sites is 1. The Labute approximate surface area is 176 Å². The second kappa shape index (κ2) is 7.43. The first-order valence-electron chi connectivity index (χ1n) is 9.99. The summed E-state index contributed by atoms with van der Waals surface area (Å²) in [6.45, 7) is 2.09. The summed E-state index contributed by atoms with van der Waals surface area (Å²) in [6, 6.07) is 22.6. The molecule has 3 aromatic rings. The fourth-order valence-electron chi connectivity index (χ4n) is 4.04. The lowest BCUT2D eigenvalue weighted by Crippen LogP contribution is -2.43. The molecular weight excluding hydrogens is 376 g/mol. The number of fused-ring (bicyclic) bond motifs is 3. The number of benzene rings is 3. The normalized spacial score (nSPS) is 19.8. The first kappa shape index (κ1) is 18.6. The van der Waals surface area contributed by atoms with Crippen molar-refractivity contribution in [3.05, 3.63) is 95.1 Å². The second-order valence-electron chi connectivity index (χ2n) is 7.53. The van der Waals surface area contributed by atoms with Gasteiger partial charge in [0.15, 0.2) is 17.7 Å². The molecule has 2 aliphatic rings. The van der Waals surface area contributed by atoms with Crippen LogP contribution in [-0.2, 0) is 0 Å². The van der Waals surface area contributed by atoms with Crippen molar-refractivity contribution in [2.24, 2.45) is 0 Å². The van der Waals surface area contributed by atoms with Gasteiger partial charge in [0.2, 0.25) is 0 Å². The molecule has 0 amide bonds. The summed E-state index contributed by atoms with van der Waals surface area (Å²) < 4.78 is 17.4. The molecule has 152 valence electrons. The lowest BCUT2D eigenvalue weighted by Gasteiger charge is -2.39. The first-order valence-corrected chi connectivity index (χ1v) is 9.99. The van der Waals surface area contributed by atoms with Crippen molar-refractivity contribution in [3.8, 4) is 17.2 Å². The van der Waals surface area contributed by atoms with Crippen LogP contribution in [0, 0.1) is 6.92 Å². The number of rotatable bonds is 4. The van der Waals surface area contributed by atoms with Crippen LogP contribution in [0.15, 0.2) is 72.8 Å². The molecule has 2 atom stereocenters. The third kappa shape index (κ3) is 3.08. The van der Waals surface area contributed by atoms with E-state index in [0.29, 0.717) is 0 Å². The lowest BCUT2D eigenvalue weighted by molar-refractivity contribution is -0.0343. The van der Waals surface area contributed by atoms with Gasteiger partial charge < -0.3 is 19.6 Å². The summed E-state index contributed by atoms with van der Waals surface area (Å²) >= 11 is 0. The van der Waals surface area contributed by atoms with E-state index in [2.05, 4.69) is 65.9 Å². The third-order valence-electron chi connectivity index (χ3n) is 5.67. The smallest absolute Gasteiger partial charge is 0.196 e. The van der Waals surface area contributed by atoms with E-state index in [9.17, 15) is 0 Å². The maximum Gasteiger partial charge on any atom is 0.196 e. The van der Waals surface area contributed by atoms with E-state index >= 15 is 0 Å². The molecule has 0 aliphatic carbocycles. The van der Waals surface area contributed by atoms with Crippen LogP contribution >= 0.6 is 0 Å². The minimum absolute atomic E-state index is 0.0206. The van der Waals surface area contributed by atoms with Crippen molar-refractivity contribution >= 4 is 5.70 Å². The van der Waals surface area contributed by atoms with Crippen LogP contribution in [0.5, 0.6) is 17.2 Å². The molecule has 2 heterocycles. The van der Waals surface area contributed by atoms with E-state index in [1.807, 2.05) is 24.3 Å². The number of hydrogen-bond acceptors (Lipinski definition) is 5. The van der Waals surface area contributed by atoms with E-state index in [-0.39, 0.29) is 12.3 Å². The van der Waals surface area contributed by atoms with Crippen LogP contribution < -0.4 is 19.6 Å². The highest BCUT2D eigenvalue weighted by Crippen LogP contribution is 2.49. The standard InChI is InChI=1S/C25H24N2O3/c1-16-7-9-18(10-8-16)25-27-22(20-5-4-6-23(29-3)24(20)30-25)15-21(26-27)17-11-13-19(28-2)14-12-17/h4-15,22,25-26H,1-3H3/t22-,25-/m1/s1. The molecule has 30 heavy (non-hydrogen) atoms. The van der Waals surface area contributed by atoms with Crippen LogP contribution in [0.25, 0.3) is 5.70 Å². The average Bonchev–Trinajstić information content (AvgIpc) is 3.24. The van der Waals surface area contributed by atoms with Crippen LogP contribution in [0.4, 0.5) is 0 Å². The molecule has 5 rings (SSSR count). The molecule has 3 aromatic carbocycles. The SMILES string of the molecule is COc1ccc(C2=C[C@@H]3c4cccc(OC)c4O[C@H](c4ccc(C)cc4)N3N2)cc1. The number of methoxy groups -OCH3 is 2. The minimum atomic E-state index is -0.286. The molecule has 0 radical (unpaired) electrons. The Balaban J connectivity index is 1.58. The summed E-state index contributed by atoms with van der Waals surface area (Å²) in [6.07, 6.45) is 1.95. The van der Waals surface area contributed by atoms with Crippen molar-refractivity contribution in [1.29, 1.82) is 0 Å². The molecule has 0 saturated heterocycles. The van der Waals surface area contributed by atoms with E-state index in [1.54, 1.807) is 14.2 Å². The molecule has 0 saturated carbocycles. The van der Waals surface area contributed by atoms with Crippen LogP contribution in [0.1, 0.15) is 34.5 Å². The van der Waals surface area contributed by atoms with Gasteiger partial charge in [0.05, 0.1) is 26.0 Å². The van der Waals surface area contributed by atoms with E-state index in [1.165, 1.54) is 5.56 Å². The summed E-state index contributed by atoms with van der Waals surface area (Å²) in [7, 11) is 3.36. The Bertz CT molecular complexity index is 1090. The number of aryl methyl sites for hydroxylation is 1. The number of hydrazine groups is 1. The van der Waals surface area contributed by atoms with Gasteiger partial charge >= 0.3 is 0 Å². The molecule has 2 aliphatic heterocycles. The van der Waals surface area contributed by atoms with Crippen LogP contribution in [-0.4, -0.2) is 19.2 Å². The topological polar surface area (TPSA) is 43.0 Å². The van der Waals surface area contributed by atoms with Crippen LogP contribution in [0.3, 0.4) is 0 Å². The second-order valence-corrected chi connectivity index (χ2v) is 7.53. The third-order valence-corrected chi connectivity index (χ3v) is 5.67. The van der Waals surface area contributed by atoms with E-state index in [0.717, 1.165) is 39.6 Å². The Morgan fingerprint density at radius 1 is 0.900 bits per heavy atom. The largest absolute Gasteiger partial charge is 0.497 e. The minimum Gasteiger partial charge on any atom is -0.497 e. The van der Waals surface area contributed by atoms with Gasteiger partial charge in [0, 0.05) is 11.1 Å². The lowest BCUT2D eigenvalue weighted by atomic mass is 10.00. The molecule has 0 fully saturated rings. The molecule has 0 bridgehead atoms. The molecule has 5 heteroatoms. The highest BCUT2D eigenvalue weighted by atomic mass is 16.5. The molecular formula is C25H24N2O3. The van der Waals surface area contributed by atoms with Crippen molar-refractivity contribution in [2.45, 2.75) is 19.2 Å². The summed E-state index contributed by atoms with van der Waals surface area (Å²) in [5.41, 5.74) is 9.09. The Hall–Kier alpha value is -3.44. The molecule has 0 spiro atoms.